The van der Waals surface area contributed by atoms with E-state index in [-0.39, 0.29) is 18.0 Å². The van der Waals surface area contributed by atoms with Gasteiger partial charge in [-0.1, -0.05) is 6.92 Å². The maximum absolute atomic E-state index is 10.9. The summed E-state index contributed by atoms with van der Waals surface area (Å²) in [5.74, 6) is -0.225. The summed E-state index contributed by atoms with van der Waals surface area (Å²) >= 11 is 0. The lowest BCUT2D eigenvalue weighted by Gasteiger charge is -2.13. The molecule has 1 aromatic rings. The van der Waals surface area contributed by atoms with Crippen LogP contribution in [0.4, 0.5) is 11.4 Å². The number of rotatable bonds is 8. The number of carboxylic acid groups (broad SMARTS) is 1. The molecule has 7 nitrogen and oxygen atoms in total. The minimum absolute atomic E-state index is 0.0313. The number of nitrogens with zero attached hydrogens (tertiary/aromatic N) is 1. The van der Waals surface area contributed by atoms with Crippen LogP contribution in [-0.2, 0) is 4.79 Å². The van der Waals surface area contributed by atoms with Crippen molar-refractivity contribution in [1.82, 2.24) is 0 Å². The number of carboxylic acids is 1. The Morgan fingerprint density at radius 1 is 1.55 bits per heavy atom. The topological polar surface area (TPSA) is 102 Å². The fourth-order valence-electron chi connectivity index (χ4n) is 1.70. The van der Waals surface area contributed by atoms with E-state index in [0.717, 1.165) is 0 Å². The van der Waals surface area contributed by atoms with Crippen LogP contribution >= 0.6 is 0 Å². The Morgan fingerprint density at radius 2 is 2.25 bits per heavy atom. The zero-order chi connectivity index (χ0) is 15.1. The van der Waals surface area contributed by atoms with E-state index in [1.165, 1.54) is 19.2 Å². The average molecular weight is 282 g/mol. The standard InChI is InChI=1S/C13H18N2O5/c1-9(3-6-13(16)17)8-14-11-7-10(20-2)4-5-12(11)15(18)19/h4-5,7,9,14H,3,6,8H2,1-2H3,(H,16,17). The van der Waals surface area contributed by atoms with Crippen molar-refractivity contribution in [2.45, 2.75) is 19.8 Å². The van der Waals surface area contributed by atoms with E-state index in [2.05, 4.69) is 5.32 Å². The molecule has 0 heterocycles. The highest BCUT2D eigenvalue weighted by Gasteiger charge is 2.15. The van der Waals surface area contributed by atoms with Crippen LogP contribution in [0.5, 0.6) is 5.75 Å². The van der Waals surface area contributed by atoms with Gasteiger partial charge in [0.2, 0.25) is 0 Å². The molecule has 1 rings (SSSR count). The van der Waals surface area contributed by atoms with Crippen LogP contribution in [0, 0.1) is 16.0 Å². The van der Waals surface area contributed by atoms with Crippen LogP contribution in [0.2, 0.25) is 0 Å². The van der Waals surface area contributed by atoms with Gasteiger partial charge in [-0.25, -0.2) is 0 Å². The average Bonchev–Trinajstić information content (AvgIpc) is 2.42. The largest absolute Gasteiger partial charge is 0.497 e. The highest BCUT2D eigenvalue weighted by molar-refractivity contribution is 5.66. The zero-order valence-corrected chi connectivity index (χ0v) is 11.5. The van der Waals surface area contributed by atoms with E-state index < -0.39 is 10.9 Å². The van der Waals surface area contributed by atoms with Crippen molar-refractivity contribution in [1.29, 1.82) is 0 Å². The number of benzene rings is 1. The molecule has 110 valence electrons. The number of methoxy groups -OCH3 is 1. The number of nitro benzene ring substituents is 1. The van der Waals surface area contributed by atoms with Gasteiger partial charge in [0, 0.05) is 25.1 Å². The Hall–Kier alpha value is -2.31. The number of anilines is 1. The second kappa shape index (κ2) is 7.32. The molecule has 0 aliphatic heterocycles. The van der Waals surface area contributed by atoms with E-state index in [9.17, 15) is 14.9 Å². The predicted molar refractivity (Wildman–Crippen MR) is 74.2 cm³/mol. The molecular formula is C13H18N2O5. The first-order valence-electron chi connectivity index (χ1n) is 6.22. The number of carbonyl (C=O) groups is 1. The van der Waals surface area contributed by atoms with Gasteiger partial charge in [0.25, 0.3) is 5.69 Å². The van der Waals surface area contributed by atoms with Crippen molar-refractivity contribution < 1.29 is 19.6 Å². The van der Waals surface area contributed by atoms with Crippen molar-refractivity contribution in [2.75, 3.05) is 19.0 Å². The molecule has 0 fully saturated rings. The molecule has 0 amide bonds. The summed E-state index contributed by atoms with van der Waals surface area (Å²) in [5, 5.41) is 22.5. The normalized spacial score (nSPS) is 11.7. The molecule has 0 saturated heterocycles. The minimum atomic E-state index is -0.843. The monoisotopic (exact) mass is 282 g/mol. The van der Waals surface area contributed by atoms with Crippen LogP contribution in [0.15, 0.2) is 18.2 Å². The molecular weight excluding hydrogens is 264 g/mol. The maximum Gasteiger partial charge on any atom is 0.303 e. The summed E-state index contributed by atoms with van der Waals surface area (Å²) in [6.07, 6.45) is 0.600. The first-order valence-corrected chi connectivity index (χ1v) is 6.22. The third kappa shape index (κ3) is 4.75. The molecule has 0 spiro atoms. The van der Waals surface area contributed by atoms with Crippen molar-refractivity contribution in [3.05, 3.63) is 28.3 Å². The SMILES string of the molecule is COc1ccc([N+](=O)[O-])c(NCC(C)CCC(=O)O)c1. The Morgan fingerprint density at radius 3 is 2.80 bits per heavy atom. The number of hydrogen-bond acceptors (Lipinski definition) is 5. The van der Waals surface area contributed by atoms with Crippen molar-refractivity contribution in [2.24, 2.45) is 5.92 Å². The Labute approximate surface area is 116 Å². The lowest BCUT2D eigenvalue weighted by atomic mass is 10.1. The fraction of sp³-hybridized carbons (Fsp3) is 0.462. The lowest BCUT2D eigenvalue weighted by molar-refractivity contribution is -0.384. The summed E-state index contributed by atoms with van der Waals surface area (Å²) in [7, 11) is 1.49. The van der Waals surface area contributed by atoms with Crippen LogP contribution in [0.25, 0.3) is 0 Å². The molecule has 0 aliphatic rings. The number of ether oxygens (including phenoxy) is 1. The van der Waals surface area contributed by atoms with Crippen molar-refractivity contribution in [3.8, 4) is 5.75 Å². The molecule has 1 atom stereocenters. The summed E-state index contributed by atoms with van der Waals surface area (Å²) in [5.41, 5.74) is 0.341. The lowest BCUT2D eigenvalue weighted by Crippen LogP contribution is -2.13. The molecule has 0 bridgehead atoms. The van der Waals surface area contributed by atoms with Gasteiger partial charge < -0.3 is 15.2 Å². The molecule has 7 heteroatoms. The molecule has 1 aromatic carbocycles. The highest BCUT2D eigenvalue weighted by Crippen LogP contribution is 2.29. The van der Waals surface area contributed by atoms with Crippen LogP contribution < -0.4 is 10.1 Å². The molecule has 0 aliphatic carbocycles. The van der Waals surface area contributed by atoms with E-state index >= 15 is 0 Å². The number of aliphatic carboxylic acids is 1. The summed E-state index contributed by atoms with van der Waals surface area (Å²) in [4.78, 5) is 20.9. The third-order valence-electron chi connectivity index (χ3n) is 2.89. The number of hydrogen-bond donors (Lipinski definition) is 2. The van der Waals surface area contributed by atoms with Gasteiger partial charge in [-0.15, -0.1) is 0 Å². The second-order valence-corrected chi connectivity index (χ2v) is 4.56. The fourth-order valence-corrected chi connectivity index (χ4v) is 1.70. The maximum atomic E-state index is 10.9. The molecule has 0 saturated carbocycles. The van der Waals surface area contributed by atoms with Gasteiger partial charge in [-0.05, 0) is 18.4 Å². The van der Waals surface area contributed by atoms with Crippen molar-refractivity contribution in [3.63, 3.8) is 0 Å². The molecule has 1 unspecified atom stereocenters. The molecule has 2 N–H and O–H groups in total. The van der Waals surface area contributed by atoms with Gasteiger partial charge in [0.15, 0.2) is 0 Å². The quantitative estimate of drug-likeness (QED) is 0.561. The van der Waals surface area contributed by atoms with Gasteiger partial charge in [-0.3, -0.25) is 14.9 Å². The number of nitro groups is 1. The van der Waals surface area contributed by atoms with E-state index in [0.29, 0.717) is 24.4 Å². The van der Waals surface area contributed by atoms with Gasteiger partial charge >= 0.3 is 5.97 Å². The van der Waals surface area contributed by atoms with Crippen LogP contribution in [0.1, 0.15) is 19.8 Å². The van der Waals surface area contributed by atoms with E-state index in [1.54, 1.807) is 6.07 Å². The van der Waals surface area contributed by atoms with Gasteiger partial charge in [-0.2, -0.15) is 0 Å². The highest BCUT2D eigenvalue weighted by atomic mass is 16.6. The molecule has 0 radical (unpaired) electrons. The summed E-state index contributed by atoms with van der Waals surface area (Å²) < 4.78 is 5.04. The van der Waals surface area contributed by atoms with E-state index in [1.807, 2.05) is 6.92 Å². The van der Waals surface area contributed by atoms with Crippen LogP contribution in [0.3, 0.4) is 0 Å². The molecule has 20 heavy (non-hydrogen) atoms. The van der Waals surface area contributed by atoms with Gasteiger partial charge in [0.1, 0.15) is 11.4 Å². The smallest absolute Gasteiger partial charge is 0.303 e. The number of nitrogens with one attached hydrogen (secondary N) is 1. The van der Waals surface area contributed by atoms with Crippen molar-refractivity contribution >= 4 is 17.3 Å². The first-order chi connectivity index (χ1) is 9.43. The zero-order valence-electron chi connectivity index (χ0n) is 11.5. The third-order valence-corrected chi connectivity index (χ3v) is 2.89. The first kappa shape index (κ1) is 15.7. The minimum Gasteiger partial charge on any atom is -0.497 e. The Bertz CT molecular complexity index is 490. The molecule has 0 aromatic heterocycles. The predicted octanol–water partition coefficient (Wildman–Crippen LogP) is 2.52. The van der Waals surface area contributed by atoms with Crippen LogP contribution in [-0.4, -0.2) is 29.7 Å². The Kier molecular flexibility index (Phi) is 5.76. The van der Waals surface area contributed by atoms with Gasteiger partial charge in [0.05, 0.1) is 12.0 Å². The summed E-state index contributed by atoms with van der Waals surface area (Å²) in [6, 6.07) is 4.46. The second-order valence-electron chi connectivity index (χ2n) is 4.56. The summed E-state index contributed by atoms with van der Waals surface area (Å²) in [6.45, 7) is 2.35. The Balaban J connectivity index is 2.70. The van der Waals surface area contributed by atoms with E-state index in [4.69, 9.17) is 9.84 Å².